The molecule has 7 nitrogen and oxygen atoms in total. The minimum atomic E-state index is -0.823. The van der Waals surface area contributed by atoms with Crippen LogP contribution in [0.1, 0.15) is 23.1 Å². The second kappa shape index (κ2) is 12.5. The normalized spacial score (nSPS) is 14.2. The second-order valence-corrected chi connectivity index (χ2v) is 9.75. The van der Waals surface area contributed by atoms with Gasteiger partial charge in [-0.05, 0) is 46.5 Å². The summed E-state index contributed by atoms with van der Waals surface area (Å²) in [4.78, 5) is 16.3. The van der Waals surface area contributed by atoms with Gasteiger partial charge in [-0.1, -0.05) is 84.0 Å². The number of hydrogen-bond acceptors (Lipinski definition) is 6. The van der Waals surface area contributed by atoms with Gasteiger partial charge >= 0.3 is 5.97 Å². The van der Waals surface area contributed by atoms with Crippen molar-refractivity contribution in [1.29, 1.82) is 0 Å². The van der Waals surface area contributed by atoms with Gasteiger partial charge < -0.3 is 24.2 Å². The van der Waals surface area contributed by atoms with Crippen molar-refractivity contribution < 1.29 is 28.9 Å². The summed E-state index contributed by atoms with van der Waals surface area (Å²) in [6, 6.07) is 33.7. The van der Waals surface area contributed by atoms with Gasteiger partial charge in [-0.25, -0.2) is 0 Å². The highest BCUT2D eigenvalue weighted by Gasteiger charge is 2.42. The zero-order chi connectivity index (χ0) is 27.8. The van der Waals surface area contributed by atoms with Crippen molar-refractivity contribution in [2.45, 2.75) is 18.4 Å². The fraction of sp³-hybridized carbons (Fsp3) is 0.212. The Balaban J connectivity index is 1.14. The van der Waals surface area contributed by atoms with Crippen LogP contribution >= 0.6 is 0 Å². The Morgan fingerprint density at radius 1 is 0.825 bits per heavy atom. The first kappa shape index (κ1) is 27.0. The summed E-state index contributed by atoms with van der Waals surface area (Å²) >= 11 is 0. The van der Waals surface area contributed by atoms with Gasteiger partial charge in [-0.2, -0.15) is 0 Å². The first-order valence-corrected chi connectivity index (χ1v) is 13.1. The fourth-order valence-electron chi connectivity index (χ4n) is 4.67. The fourth-order valence-corrected chi connectivity index (χ4v) is 4.67. The van der Waals surface area contributed by atoms with Crippen LogP contribution in [0.2, 0.25) is 0 Å². The number of carboxylic acids is 1. The molecule has 4 aromatic carbocycles. The molecule has 0 spiro atoms. The van der Waals surface area contributed by atoms with Gasteiger partial charge in [0.2, 0.25) is 0 Å². The molecule has 0 radical (unpaired) electrons. The summed E-state index contributed by atoms with van der Waals surface area (Å²) in [6.45, 7) is 1.50. The van der Waals surface area contributed by atoms with E-state index in [0.29, 0.717) is 37.0 Å². The Bertz CT molecular complexity index is 1430. The minimum absolute atomic E-state index is 0.0565. The van der Waals surface area contributed by atoms with Crippen LogP contribution in [0.4, 0.5) is 0 Å². The summed E-state index contributed by atoms with van der Waals surface area (Å²) < 4.78 is 17.2. The van der Waals surface area contributed by atoms with Gasteiger partial charge in [0.05, 0.1) is 25.0 Å². The third-order valence-corrected chi connectivity index (χ3v) is 6.94. The van der Waals surface area contributed by atoms with Crippen molar-refractivity contribution in [3.63, 3.8) is 0 Å². The standard InChI is InChI=1S/C33H31NO6/c1-37-34-31(27-11-9-26(10-12-27)25-5-3-2-4-6-25)21-40-29-15-7-24(8-16-29)20-39-30-17-13-28(14-18-30)33(19-32(35)36)22-38-23-33/h2-18H,19-23H2,1H3,(H,35,36)/b34-31+. The molecule has 5 rings (SSSR count). The molecule has 7 heteroatoms. The van der Waals surface area contributed by atoms with E-state index in [2.05, 4.69) is 29.4 Å². The Morgan fingerprint density at radius 3 is 2.05 bits per heavy atom. The van der Waals surface area contributed by atoms with Crippen molar-refractivity contribution >= 4 is 11.7 Å². The highest BCUT2D eigenvalue weighted by molar-refractivity contribution is 6.01. The molecule has 1 aliphatic rings. The van der Waals surface area contributed by atoms with Crippen LogP contribution in [0.25, 0.3) is 11.1 Å². The molecule has 0 amide bonds. The molecule has 40 heavy (non-hydrogen) atoms. The van der Waals surface area contributed by atoms with Crippen LogP contribution < -0.4 is 9.47 Å². The molecule has 1 N–H and O–H groups in total. The lowest BCUT2D eigenvalue weighted by Gasteiger charge is -2.40. The van der Waals surface area contributed by atoms with Crippen LogP contribution in [0.5, 0.6) is 11.5 Å². The van der Waals surface area contributed by atoms with Gasteiger partial charge in [0.15, 0.2) is 0 Å². The monoisotopic (exact) mass is 537 g/mol. The van der Waals surface area contributed by atoms with E-state index in [1.165, 1.54) is 7.11 Å². The Hall–Kier alpha value is -4.62. The number of nitrogens with zero attached hydrogens (tertiary/aromatic N) is 1. The van der Waals surface area contributed by atoms with Gasteiger partial charge in [-0.3, -0.25) is 4.79 Å². The average molecular weight is 538 g/mol. The second-order valence-electron chi connectivity index (χ2n) is 9.75. The molecule has 0 aliphatic carbocycles. The van der Waals surface area contributed by atoms with E-state index >= 15 is 0 Å². The molecule has 4 aromatic rings. The Kier molecular flexibility index (Phi) is 8.42. The Labute approximate surface area is 233 Å². The van der Waals surface area contributed by atoms with E-state index in [1.807, 2.05) is 78.9 Å². The van der Waals surface area contributed by atoms with E-state index in [0.717, 1.165) is 27.8 Å². The topological polar surface area (TPSA) is 86.6 Å². The van der Waals surface area contributed by atoms with Gasteiger partial charge in [-0.15, -0.1) is 0 Å². The SMILES string of the molecule is CO/N=C(\COc1ccc(COc2ccc(C3(CC(=O)O)COC3)cc2)cc1)c1ccc(-c2ccccc2)cc1. The molecular formula is C33H31NO6. The largest absolute Gasteiger partial charge is 0.489 e. The predicted molar refractivity (Wildman–Crippen MR) is 153 cm³/mol. The van der Waals surface area contributed by atoms with Gasteiger partial charge in [0.1, 0.15) is 37.5 Å². The van der Waals surface area contributed by atoms with Crippen LogP contribution in [0.3, 0.4) is 0 Å². The van der Waals surface area contributed by atoms with Crippen LogP contribution in [0.15, 0.2) is 108 Å². The van der Waals surface area contributed by atoms with Crippen molar-refractivity contribution in [1.82, 2.24) is 0 Å². The molecule has 0 saturated carbocycles. The molecular weight excluding hydrogens is 506 g/mol. The van der Waals surface area contributed by atoms with E-state index in [-0.39, 0.29) is 13.0 Å². The molecule has 1 aliphatic heterocycles. The van der Waals surface area contributed by atoms with Gasteiger partial charge in [0.25, 0.3) is 0 Å². The van der Waals surface area contributed by atoms with Crippen LogP contribution in [0, 0.1) is 0 Å². The maximum absolute atomic E-state index is 11.3. The highest BCUT2D eigenvalue weighted by Crippen LogP contribution is 2.36. The van der Waals surface area contributed by atoms with Crippen molar-refractivity contribution in [2.24, 2.45) is 5.16 Å². The lowest BCUT2D eigenvalue weighted by Crippen LogP contribution is -2.48. The summed E-state index contributed by atoms with van der Waals surface area (Å²) in [5.74, 6) is 0.605. The number of aliphatic carboxylic acids is 1. The molecule has 0 unspecified atom stereocenters. The smallest absolute Gasteiger partial charge is 0.304 e. The zero-order valence-corrected chi connectivity index (χ0v) is 22.3. The molecule has 0 aromatic heterocycles. The number of rotatable bonds is 12. The van der Waals surface area contributed by atoms with Crippen LogP contribution in [-0.2, 0) is 26.4 Å². The average Bonchev–Trinajstić information content (AvgIpc) is 2.97. The minimum Gasteiger partial charge on any atom is -0.489 e. The maximum atomic E-state index is 11.3. The highest BCUT2D eigenvalue weighted by atomic mass is 16.6. The van der Waals surface area contributed by atoms with E-state index in [9.17, 15) is 9.90 Å². The van der Waals surface area contributed by atoms with E-state index < -0.39 is 11.4 Å². The lowest BCUT2D eigenvalue weighted by molar-refractivity contribution is -0.145. The molecule has 0 atom stereocenters. The number of carboxylic acid groups (broad SMARTS) is 1. The number of ether oxygens (including phenoxy) is 3. The molecule has 204 valence electrons. The van der Waals surface area contributed by atoms with Crippen molar-refractivity contribution in [3.8, 4) is 22.6 Å². The van der Waals surface area contributed by atoms with Crippen LogP contribution in [-0.4, -0.2) is 43.7 Å². The molecule has 1 saturated heterocycles. The number of hydrogen-bond donors (Lipinski definition) is 1. The maximum Gasteiger partial charge on any atom is 0.304 e. The number of benzene rings is 4. The van der Waals surface area contributed by atoms with Crippen molar-refractivity contribution in [3.05, 3.63) is 120 Å². The lowest BCUT2D eigenvalue weighted by atomic mass is 9.76. The predicted octanol–water partition coefficient (Wildman–Crippen LogP) is 6.10. The Morgan fingerprint density at radius 2 is 1.45 bits per heavy atom. The number of oxime groups is 1. The van der Waals surface area contributed by atoms with E-state index in [1.54, 1.807) is 0 Å². The first-order valence-electron chi connectivity index (χ1n) is 13.1. The zero-order valence-electron chi connectivity index (χ0n) is 22.3. The number of carbonyl (C=O) groups is 1. The molecule has 1 fully saturated rings. The summed E-state index contributed by atoms with van der Waals surface area (Å²) in [6.07, 6.45) is 0.0565. The molecule has 1 heterocycles. The third kappa shape index (κ3) is 6.50. The van der Waals surface area contributed by atoms with Crippen molar-refractivity contribution in [2.75, 3.05) is 26.9 Å². The third-order valence-electron chi connectivity index (χ3n) is 6.94. The summed E-state index contributed by atoms with van der Waals surface area (Å²) in [7, 11) is 1.52. The molecule has 0 bridgehead atoms. The summed E-state index contributed by atoms with van der Waals surface area (Å²) in [5.41, 5.74) is 5.41. The quantitative estimate of drug-likeness (QED) is 0.173. The van der Waals surface area contributed by atoms with E-state index in [4.69, 9.17) is 19.0 Å². The van der Waals surface area contributed by atoms with Gasteiger partial charge in [0, 0.05) is 5.56 Å². The summed E-state index contributed by atoms with van der Waals surface area (Å²) in [5, 5.41) is 13.4. The first-order chi connectivity index (χ1) is 19.5.